The first-order chi connectivity index (χ1) is 18.9. The van der Waals surface area contributed by atoms with Crippen LogP contribution in [0.1, 0.15) is 18.1 Å². The van der Waals surface area contributed by atoms with E-state index in [1.165, 1.54) is 16.8 Å². The van der Waals surface area contributed by atoms with Crippen LogP contribution in [0.5, 0.6) is 0 Å². The SMILES string of the molecule is CCOC(=O)[CH-]C=O.Cc1ccccc1-c1cc2nccc(=O)n2[nH]1.Nc1cc(-c2ccccc2CF)[nH]n1.[Na+]. The van der Waals surface area contributed by atoms with E-state index in [9.17, 15) is 18.8 Å². The standard InChI is InChI=1S/C13H11N3O.C10H10FN3.C5H7O3.Na/c1-9-4-2-3-5-10(9)11-8-12-14-7-6-13(17)16(12)15-11;11-6-7-3-1-2-4-8(7)9-5-10(12)14-13-9;1-2-8-5(7)3-4-6;/h2-8,15H,1H3;1-5H,6H2,(H3,12,13,14);3-4H,2H2,1H3;/q;;-1;+1. The number of aromatic amines is 2. The maximum Gasteiger partial charge on any atom is 1.00 e. The van der Waals surface area contributed by atoms with Gasteiger partial charge in [0.2, 0.25) is 0 Å². The van der Waals surface area contributed by atoms with Crippen LogP contribution in [0.15, 0.2) is 77.7 Å². The van der Waals surface area contributed by atoms with Crippen LogP contribution in [0, 0.1) is 13.3 Å². The van der Waals surface area contributed by atoms with E-state index in [2.05, 4.69) is 25.0 Å². The van der Waals surface area contributed by atoms with Gasteiger partial charge in [-0.1, -0.05) is 48.5 Å². The number of nitrogens with zero attached hydrogens (tertiary/aromatic N) is 3. The average Bonchev–Trinajstić information content (AvgIpc) is 3.57. The first-order valence-electron chi connectivity index (χ1n) is 11.9. The van der Waals surface area contributed by atoms with E-state index in [-0.39, 0.29) is 35.1 Å². The van der Waals surface area contributed by atoms with Gasteiger partial charge in [-0.25, -0.2) is 20.3 Å². The van der Waals surface area contributed by atoms with Crippen molar-refractivity contribution in [3.05, 3.63) is 101 Å². The number of halogens is 1. The van der Waals surface area contributed by atoms with Crippen LogP contribution in [0.25, 0.3) is 28.2 Å². The summed E-state index contributed by atoms with van der Waals surface area (Å²) >= 11 is 0. The number of carbonyl (C=O) groups is 2. The second kappa shape index (κ2) is 16.0. The molecule has 202 valence electrons. The minimum Gasteiger partial charge on any atom is -0.488 e. The number of benzene rings is 2. The molecule has 10 nitrogen and oxygen atoms in total. The third-order valence-corrected chi connectivity index (χ3v) is 5.35. The number of hydrogen-bond donors (Lipinski definition) is 3. The Kier molecular flexibility index (Phi) is 12.8. The number of fused-ring (bicyclic) bond motifs is 1. The van der Waals surface area contributed by atoms with Gasteiger partial charge >= 0.3 is 29.6 Å². The zero-order valence-electron chi connectivity index (χ0n) is 22.4. The molecule has 0 aliphatic rings. The number of nitrogens with one attached hydrogen (secondary N) is 2. The average molecular weight is 555 g/mol. The van der Waals surface area contributed by atoms with Crippen LogP contribution >= 0.6 is 0 Å². The molecule has 40 heavy (non-hydrogen) atoms. The molecule has 3 aromatic heterocycles. The van der Waals surface area contributed by atoms with Gasteiger partial charge in [0.05, 0.1) is 18.0 Å². The van der Waals surface area contributed by atoms with Gasteiger partial charge in [-0.3, -0.25) is 19.8 Å². The summed E-state index contributed by atoms with van der Waals surface area (Å²) in [5.74, 6) is -0.170. The number of anilines is 1. The number of nitrogens with two attached hydrogens (primary N) is 1. The van der Waals surface area contributed by atoms with Crippen molar-refractivity contribution in [1.29, 1.82) is 0 Å². The number of aldehydes is 1. The van der Waals surface area contributed by atoms with Gasteiger partial charge in [-0.15, -0.1) is 0 Å². The molecule has 0 saturated carbocycles. The summed E-state index contributed by atoms with van der Waals surface area (Å²) in [6.07, 6.45) is 2.76. The third-order valence-electron chi connectivity index (χ3n) is 5.35. The van der Waals surface area contributed by atoms with Crippen molar-refractivity contribution in [2.45, 2.75) is 20.5 Å². The minimum absolute atomic E-state index is 0. The van der Waals surface area contributed by atoms with Crippen molar-refractivity contribution < 1.29 is 48.3 Å². The van der Waals surface area contributed by atoms with Crippen molar-refractivity contribution in [2.24, 2.45) is 0 Å². The Bertz CT molecular complexity index is 1600. The molecule has 0 fully saturated rings. The van der Waals surface area contributed by atoms with Gasteiger partial charge in [0, 0.05) is 35.5 Å². The number of aromatic nitrogens is 5. The summed E-state index contributed by atoms with van der Waals surface area (Å²) in [5, 5.41) is 9.62. The summed E-state index contributed by atoms with van der Waals surface area (Å²) in [6.45, 7) is 3.53. The smallest absolute Gasteiger partial charge is 0.488 e. The number of carbonyl (C=O) groups excluding carboxylic acids is 2. The Labute approximate surface area is 252 Å². The summed E-state index contributed by atoms with van der Waals surface area (Å²) in [7, 11) is 0. The van der Waals surface area contributed by atoms with Crippen LogP contribution < -0.4 is 40.9 Å². The van der Waals surface area contributed by atoms with Gasteiger partial charge < -0.3 is 15.3 Å². The maximum atomic E-state index is 12.6. The Morgan fingerprint density at radius 1 is 1.10 bits per heavy atom. The van der Waals surface area contributed by atoms with Crippen molar-refractivity contribution in [3.63, 3.8) is 0 Å². The van der Waals surface area contributed by atoms with E-state index in [1.807, 2.05) is 49.4 Å². The number of esters is 1. The maximum absolute atomic E-state index is 12.6. The first-order valence-corrected chi connectivity index (χ1v) is 11.9. The van der Waals surface area contributed by atoms with Gasteiger partial charge in [-0.05, 0) is 31.3 Å². The van der Waals surface area contributed by atoms with Crippen molar-refractivity contribution >= 4 is 23.7 Å². The minimum atomic E-state index is -0.581. The Balaban J connectivity index is 0.000000222. The van der Waals surface area contributed by atoms with Crippen LogP contribution in [-0.2, 0) is 21.0 Å². The monoisotopic (exact) mass is 554 g/mol. The molecule has 0 atom stereocenters. The molecule has 0 aliphatic heterocycles. The number of H-pyrrole nitrogens is 2. The number of rotatable bonds is 6. The molecule has 3 heterocycles. The Morgan fingerprint density at radius 3 is 2.40 bits per heavy atom. The molecule has 0 spiro atoms. The second-order valence-electron chi connectivity index (χ2n) is 8.01. The molecule has 12 heteroatoms. The zero-order valence-corrected chi connectivity index (χ0v) is 24.4. The van der Waals surface area contributed by atoms with Gasteiger partial charge in [0.25, 0.3) is 5.56 Å². The number of hydrogen-bond acceptors (Lipinski definition) is 7. The van der Waals surface area contributed by atoms with Crippen LogP contribution in [0.2, 0.25) is 0 Å². The fourth-order valence-electron chi connectivity index (χ4n) is 3.55. The predicted octanol–water partition coefficient (Wildman–Crippen LogP) is 1.08. The number of nitrogen functional groups attached to an aromatic ring is 1. The number of ether oxygens (including phenoxy) is 1. The fourth-order valence-corrected chi connectivity index (χ4v) is 3.55. The van der Waals surface area contributed by atoms with Crippen LogP contribution in [-0.4, -0.2) is 43.7 Å². The molecule has 0 bridgehead atoms. The molecular weight excluding hydrogens is 526 g/mol. The molecule has 0 unspecified atom stereocenters. The largest absolute Gasteiger partial charge is 1.00 e. The topological polar surface area (TPSA) is 148 Å². The normalized spacial score (nSPS) is 9.78. The Morgan fingerprint density at radius 2 is 1.80 bits per heavy atom. The molecule has 0 radical (unpaired) electrons. The van der Waals surface area contributed by atoms with E-state index in [4.69, 9.17) is 5.73 Å². The van der Waals surface area contributed by atoms with E-state index >= 15 is 0 Å². The molecule has 5 rings (SSSR count). The summed E-state index contributed by atoms with van der Waals surface area (Å²) < 4.78 is 18.4. The van der Waals surface area contributed by atoms with Crippen molar-refractivity contribution in [3.8, 4) is 22.5 Å². The van der Waals surface area contributed by atoms with Crippen LogP contribution in [0.3, 0.4) is 0 Å². The Hall–Kier alpha value is -4.19. The zero-order chi connectivity index (χ0) is 28.2. The fraction of sp³-hybridized carbons (Fsp3) is 0.143. The van der Waals surface area contributed by atoms with Crippen LogP contribution in [0.4, 0.5) is 10.2 Å². The van der Waals surface area contributed by atoms with E-state index < -0.39 is 12.6 Å². The summed E-state index contributed by atoms with van der Waals surface area (Å²) in [5.41, 5.74) is 11.3. The molecule has 4 N–H and O–H groups in total. The summed E-state index contributed by atoms with van der Waals surface area (Å²) in [6, 6.07) is 20.3. The van der Waals surface area contributed by atoms with Gasteiger partial charge in [-0.2, -0.15) is 5.10 Å². The molecule has 0 saturated heterocycles. The van der Waals surface area contributed by atoms with E-state index in [0.29, 0.717) is 29.9 Å². The summed E-state index contributed by atoms with van der Waals surface area (Å²) in [4.78, 5) is 35.4. The van der Waals surface area contributed by atoms with Gasteiger partial charge in [0.1, 0.15) is 12.5 Å². The molecular formula is C28H28FN6NaO4. The molecule has 5 aromatic rings. The quantitative estimate of drug-likeness (QED) is 0.0935. The third kappa shape index (κ3) is 8.67. The second-order valence-corrected chi connectivity index (χ2v) is 8.01. The van der Waals surface area contributed by atoms with Gasteiger partial charge in [0.15, 0.2) is 11.6 Å². The molecule has 0 amide bonds. The van der Waals surface area contributed by atoms with Crippen molar-refractivity contribution in [1.82, 2.24) is 24.8 Å². The first kappa shape index (κ1) is 32.0. The molecule has 0 aliphatic carbocycles. The number of alkyl halides is 1. The number of aryl methyl sites for hydroxylation is 1. The van der Waals surface area contributed by atoms with E-state index in [1.54, 1.807) is 25.1 Å². The van der Waals surface area contributed by atoms with E-state index in [0.717, 1.165) is 34.5 Å². The van der Waals surface area contributed by atoms with Crippen molar-refractivity contribution in [2.75, 3.05) is 12.3 Å². The predicted molar refractivity (Wildman–Crippen MR) is 146 cm³/mol. The molecule has 2 aromatic carbocycles.